The highest BCUT2D eigenvalue weighted by Gasteiger charge is 2.25. The van der Waals surface area contributed by atoms with Crippen LogP contribution in [0.2, 0.25) is 0 Å². The third-order valence-electron chi connectivity index (χ3n) is 1.58. The van der Waals surface area contributed by atoms with Crippen molar-refractivity contribution in [1.29, 1.82) is 0 Å². The molecule has 1 heterocycles. The van der Waals surface area contributed by atoms with Gasteiger partial charge in [-0.15, -0.1) is 0 Å². The minimum Gasteiger partial charge on any atom is -0.391 e. The number of aliphatic hydroxyl groups excluding tert-OH is 1. The zero-order valence-electron chi connectivity index (χ0n) is 7.39. The number of nitrogens with zero attached hydrogens (tertiary/aromatic N) is 1. The Hall–Kier alpha value is -0.350. The number of hydrogen-bond acceptors (Lipinski definition) is 3. The van der Waals surface area contributed by atoms with Crippen molar-refractivity contribution in [3.8, 4) is 0 Å². The summed E-state index contributed by atoms with van der Waals surface area (Å²) in [6, 6.07) is 0. The fraction of sp³-hybridized carbons (Fsp3) is 0.625. The molecule has 0 aliphatic carbocycles. The SMILES string of the molecule is CC(C)(C)c1onc(Br)c1CO. The lowest BCUT2D eigenvalue weighted by atomic mass is 9.91. The van der Waals surface area contributed by atoms with Crippen molar-refractivity contribution in [2.24, 2.45) is 0 Å². The molecule has 1 rings (SSSR count). The number of hydrogen-bond donors (Lipinski definition) is 1. The van der Waals surface area contributed by atoms with Gasteiger partial charge in [0.2, 0.25) is 0 Å². The van der Waals surface area contributed by atoms with Gasteiger partial charge in [0.1, 0.15) is 5.76 Å². The van der Waals surface area contributed by atoms with Crippen molar-refractivity contribution in [2.45, 2.75) is 32.8 Å². The maximum Gasteiger partial charge on any atom is 0.155 e. The van der Waals surface area contributed by atoms with E-state index in [-0.39, 0.29) is 12.0 Å². The molecule has 3 nitrogen and oxygen atoms in total. The number of rotatable bonds is 1. The van der Waals surface area contributed by atoms with Crippen molar-refractivity contribution in [3.05, 3.63) is 15.9 Å². The lowest BCUT2D eigenvalue weighted by Crippen LogP contribution is -2.12. The summed E-state index contributed by atoms with van der Waals surface area (Å²) >= 11 is 3.20. The van der Waals surface area contributed by atoms with Crippen molar-refractivity contribution < 1.29 is 9.63 Å². The van der Waals surface area contributed by atoms with Crippen LogP contribution in [0.4, 0.5) is 0 Å². The van der Waals surface area contributed by atoms with Crippen LogP contribution < -0.4 is 0 Å². The molecule has 1 aromatic heterocycles. The smallest absolute Gasteiger partial charge is 0.155 e. The second-order valence-corrected chi connectivity index (χ2v) is 4.44. The average molecular weight is 234 g/mol. The first kappa shape index (κ1) is 9.74. The molecule has 0 saturated carbocycles. The Morgan fingerprint density at radius 1 is 1.50 bits per heavy atom. The zero-order chi connectivity index (χ0) is 9.35. The topological polar surface area (TPSA) is 46.3 Å². The first-order valence-corrected chi connectivity index (χ1v) is 4.51. The van der Waals surface area contributed by atoms with E-state index in [2.05, 4.69) is 21.1 Å². The summed E-state index contributed by atoms with van der Waals surface area (Å²) < 4.78 is 5.69. The molecule has 0 bridgehead atoms. The predicted molar refractivity (Wildman–Crippen MR) is 48.8 cm³/mol. The predicted octanol–water partition coefficient (Wildman–Crippen LogP) is 2.23. The maximum atomic E-state index is 9.02. The molecule has 0 aliphatic rings. The van der Waals surface area contributed by atoms with Crippen LogP contribution in [0.15, 0.2) is 9.13 Å². The summed E-state index contributed by atoms with van der Waals surface area (Å²) in [5.41, 5.74) is 0.624. The van der Waals surface area contributed by atoms with Gasteiger partial charge < -0.3 is 9.63 Å². The van der Waals surface area contributed by atoms with Gasteiger partial charge in [-0.05, 0) is 15.9 Å². The van der Waals surface area contributed by atoms with Crippen LogP contribution in [0.5, 0.6) is 0 Å². The highest BCUT2D eigenvalue weighted by molar-refractivity contribution is 9.10. The summed E-state index contributed by atoms with van der Waals surface area (Å²) in [5, 5.41) is 12.8. The van der Waals surface area contributed by atoms with Gasteiger partial charge in [-0.1, -0.05) is 25.9 Å². The fourth-order valence-electron chi connectivity index (χ4n) is 1.02. The van der Waals surface area contributed by atoms with E-state index in [9.17, 15) is 0 Å². The van der Waals surface area contributed by atoms with Crippen molar-refractivity contribution in [3.63, 3.8) is 0 Å². The highest BCUT2D eigenvalue weighted by Crippen LogP contribution is 2.30. The molecule has 12 heavy (non-hydrogen) atoms. The van der Waals surface area contributed by atoms with E-state index in [1.807, 2.05) is 20.8 Å². The number of halogens is 1. The molecule has 0 aliphatic heterocycles. The minimum atomic E-state index is -0.114. The third kappa shape index (κ3) is 1.69. The van der Waals surface area contributed by atoms with Crippen molar-refractivity contribution >= 4 is 15.9 Å². The molecular formula is C8H12BrNO2. The molecule has 0 spiro atoms. The van der Waals surface area contributed by atoms with Crippen LogP contribution in [-0.4, -0.2) is 10.3 Å². The van der Waals surface area contributed by atoms with Crippen LogP contribution in [0.25, 0.3) is 0 Å². The van der Waals surface area contributed by atoms with Gasteiger partial charge in [0.05, 0.1) is 12.2 Å². The lowest BCUT2D eigenvalue weighted by molar-refractivity contribution is 0.268. The average Bonchev–Trinajstić information content (AvgIpc) is 2.29. The molecule has 1 N–H and O–H groups in total. The van der Waals surface area contributed by atoms with E-state index in [1.165, 1.54) is 0 Å². The minimum absolute atomic E-state index is 0.0450. The molecule has 0 amide bonds. The summed E-state index contributed by atoms with van der Waals surface area (Å²) in [7, 11) is 0. The normalized spacial score (nSPS) is 12.1. The first-order valence-electron chi connectivity index (χ1n) is 3.72. The Morgan fingerprint density at radius 2 is 2.08 bits per heavy atom. The standard InChI is InChI=1S/C8H12BrNO2/c1-8(2,3)6-5(4-11)7(9)10-12-6/h11H,4H2,1-3H3. The van der Waals surface area contributed by atoms with E-state index in [4.69, 9.17) is 9.63 Å². The van der Waals surface area contributed by atoms with E-state index in [0.29, 0.717) is 4.60 Å². The molecule has 0 aromatic carbocycles. The van der Waals surface area contributed by atoms with E-state index < -0.39 is 0 Å². The van der Waals surface area contributed by atoms with Crippen LogP contribution in [0.1, 0.15) is 32.1 Å². The molecular weight excluding hydrogens is 222 g/mol. The molecule has 0 saturated heterocycles. The van der Waals surface area contributed by atoms with Crippen LogP contribution >= 0.6 is 15.9 Å². The quantitative estimate of drug-likeness (QED) is 0.810. The van der Waals surface area contributed by atoms with Gasteiger partial charge in [-0.25, -0.2) is 0 Å². The van der Waals surface area contributed by atoms with Crippen LogP contribution in [0.3, 0.4) is 0 Å². The highest BCUT2D eigenvalue weighted by atomic mass is 79.9. The Bertz CT molecular complexity index is 275. The molecule has 1 aromatic rings. The Morgan fingerprint density at radius 3 is 2.42 bits per heavy atom. The molecule has 4 heteroatoms. The summed E-state index contributed by atoms with van der Waals surface area (Å²) in [6.45, 7) is 5.99. The second-order valence-electron chi connectivity index (χ2n) is 3.69. The molecule has 68 valence electrons. The number of aliphatic hydroxyl groups is 1. The summed E-state index contributed by atoms with van der Waals surface area (Å²) in [4.78, 5) is 0. The van der Waals surface area contributed by atoms with Crippen molar-refractivity contribution in [1.82, 2.24) is 5.16 Å². The van der Waals surface area contributed by atoms with Crippen LogP contribution in [-0.2, 0) is 12.0 Å². The molecule has 0 unspecified atom stereocenters. The first-order chi connectivity index (χ1) is 5.46. The third-order valence-corrected chi connectivity index (χ3v) is 2.20. The molecule has 0 fully saturated rings. The lowest BCUT2D eigenvalue weighted by Gasteiger charge is -2.14. The Kier molecular flexibility index (Phi) is 2.58. The van der Waals surface area contributed by atoms with E-state index >= 15 is 0 Å². The molecule has 0 radical (unpaired) electrons. The fourth-order valence-corrected chi connectivity index (χ4v) is 1.39. The Labute approximate surface area is 79.9 Å². The van der Waals surface area contributed by atoms with E-state index in [0.717, 1.165) is 11.3 Å². The van der Waals surface area contributed by atoms with Gasteiger partial charge in [0, 0.05) is 5.41 Å². The monoisotopic (exact) mass is 233 g/mol. The van der Waals surface area contributed by atoms with Crippen LogP contribution in [0, 0.1) is 0 Å². The van der Waals surface area contributed by atoms with Gasteiger partial charge in [-0.3, -0.25) is 0 Å². The van der Waals surface area contributed by atoms with Gasteiger partial charge in [0.25, 0.3) is 0 Å². The van der Waals surface area contributed by atoms with Gasteiger partial charge in [-0.2, -0.15) is 0 Å². The maximum absolute atomic E-state index is 9.02. The van der Waals surface area contributed by atoms with Gasteiger partial charge in [0.15, 0.2) is 4.60 Å². The largest absolute Gasteiger partial charge is 0.391 e. The molecule has 0 atom stereocenters. The second kappa shape index (κ2) is 3.18. The Balaban J connectivity index is 3.16. The van der Waals surface area contributed by atoms with Crippen molar-refractivity contribution in [2.75, 3.05) is 0 Å². The van der Waals surface area contributed by atoms with Gasteiger partial charge >= 0.3 is 0 Å². The zero-order valence-corrected chi connectivity index (χ0v) is 8.97. The van der Waals surface area contributed by atoms with E-state index in [1.54, 1.807) is 0 Å². The summed E-state index contributed by atoms with van der Waals surface area (Å²) in [6.07, 6.45) is 0. The summed E-state index contributed by atoms with van der Waals surface area (Å²) in [5.74, 6) is 0.733. The number of aromatic nitrogens is 1.